The van der Waals surface area contributed by atoms with Gasteiger partial charge in [-0.2, -0.15) is 12.8 Å². The number of benzene rings is 2. The largest absolute Gasteiger partial charge is 0.466 e. The number of methoxy groups -OCH3 is 2. The van der Waals surface area contributed by atoms with E-state index >= 15 is 0 Å². The van der Waals surface area contributed by atoms with Crippen molar-refractivity contribution in [3.05, 3.63) is 76.4 Å². The van der Waals surface area contributed by atoms with Crippen molar-refractivity contribution in [2.24, 2.45) is 4.40 Å². The molecule has 0 radical (unpaired) electrons. The highest BCUT2D eigenvalue weighted by molar-refractivity contribution is 7.90. The maximum absolute atomic E-state index is 12.9. The minimum absolute atomic E-state index is 0.0143. The first kappa shape index (κ1) is 21.9. The van der Waals surface area contributed by atoms with Crippen LogP contribution in [0.2, 0.25) is 0 Å². The molecule has 0 saturated carbocycles. The van der Waals surface area contributed by atoms with Gasteiger partial charge in [-0.15, -0.1) is 0 Å². The van der Waals surface area contributed by atoms with Gasteiger partial charge in [-0.05, 0) is 31.5 Å². The SMILES string of the molecule is COC(=O)C1=C(C(=O)OC)[C@@]2(/C=N/S(=O)(=O)c3ccc(C)cc3)O[C@]1(C)c1ccccc12. The van der Waals surface area contributed by atoms with Crippen molar-refractivity contribution in [1.82, 2.24) is 0 Å². The Morgan fingerprint density at radius 3 is 2.09 bits per heavy atom. The van der Waals surface area contributed by atoms with Crippen LogP contribution < -0.4 is 0 Å². The maximum atomic E-state index is 12.9. The van der Waals surface area contributed by atoms with Crippen LogP contribution in [0.1, 0.15) is 23.6 Å². The lowest BCUT2D eigenvalue weighted by Gasteiger charge is -2.26. The zero-order valence-electron chi connectivity index (χ0n) is 17.9. The van der Waals surface area contributed by atoms with Crippen molar-refractivity contribution in [3.63, 3.8) is 0 Å². The Morgan fingerprint density at radius 1 is 0.938 bits per heavy atom. The number of carbonyl (C=O) groups is 2. The number of fused-ring (bicyclic) bond motifs is 5. The zero-order chi connectivity index (χ0) is 23.3. The molecule has 32 heavy (non-hydrogen) atoms. The van der Waals surface area contributed by atoms with Crippen LogP contribution in [0, 0.1) is 6.92 Å². The predicted octanol–water partition coefficient (Wildman–Crippen LogP) is 2.55. The van der Waals surface area contributed by atoms with Crippen LogP contribution in [0.3, 0.4) is 0 Å². The molecule has 9 heteroatoms. The number of hydrogen-bond acceptors (Lipinski definition) is 7. The smallest absolute Gasteiger partial charge is 0.338 e. The Kier molecular flexibility index (Phi) is 5.06. The second kappa shape index (κ2) is 7.39. The summed E-state index contributed by atoms with van der Waals surface area (Å²) in [5.41, 5.74) is -1.30. The molecule has 2 aliphatic rings. The van der Waals surface area contributed by atoms with Gasteiger partial charge in [0.25, 0.3) is 10.0 Å². The van der Waals surface area contributed by atoms with Gasteiger partial charge < -0.3 is 14.2 Å². The Morgan fingerprint density at radius 2 is 1.50 bits per heavy atom. The molecule has 0 aliphatic carbocycles. The highest BCUT2D eigenvalue weighted by Gasteiger charge is 2.65. The van der Waals surface area contributed by atoms with Crippen molar-refractivity contribution in [2.45, 2.75) is 29.9 Å². The fourth-order valence-electron chi connectivity index (χ4n) is 4.28. The van der Waals surface area contributed by atoms with Gasteiger partial charge in [0, 0.05) is 5.56 Å². The summed E-state index contributed by atoms with van der Waals surface area (Å²) < 4.78 is 45.8. The lowest BCUT2D eigenvalue weighted by Crippen LogP contribution is -2.34. The van der Waals surface area contributed by atoms with Crippen molar-refractivity contribution < 1.29 is 32.2 Å². The standard InChI is InChI=1S/C23H21NO7S/c1-14-9-11-15(12-10-14)32(27,28)24-13-23-17-8-6-5-7-16(17)22(2,31-23)18(20(25)29-3)19(23)21(26)30-4/h5-13H,1-4H3/b24-13+/t22-,23+/m1/s1. The van der Waals surface area contributed by atoms with E-state index < -0.39 is 33.2 Å². The Hall–Kier alpha value is -3.30. The summed E-state index contributed by atoms with van der Waals surface area (Å²) in [4.78, 5) is 25.5. The molecule has 0 aromatic heterocycles. The molecule has 0 saturated heterocycles. The van der Waals surface area contributed by atoms with Gasteiger partial charge in [-0.25, -0.2) is 9.59 Å². The first-order valence-electron chi connectivity index (χ1n) is 9.71. The summed E-state index contributed by atoms with van der Waals surface area (Å²) in [5, 5.41) is 0. The van der Waals surface area contributed by atoms with E-state index in [1.54, 1.807) is 43.3 Å². The van der Waals surface area contributed by atoms with Crippen molar-refractivity contribution in [1.29, 1.82) is 0 Å². The summed E-state index contributed by atoms with van der Waals surface area (Å²) in [6, 6.07) is 13.1. The number of aryl methyl sites for hydroxylation is 1. The normalized spacial score (nSPS) is 24.0. The molecule has 166 valence electrons. The first-order chi connectivity index (χ1) is 15.1. The van der Waals surface area contributed by atoms with Gasteiger partial charge >= 0.3 is 11.9 Å². The number of nitrogens with zero attached hydrogens (tertiary/aromatic N) is 1. The fraction of sp³-hybridized carbons (Fsp3) is 0.261. The van der Waals surface area contributed by atoms with Gasteiger partial charge in [0.2, 0.25) is 0 Å². The molecule has 2 bridgehead atoms. The van der Waals surface area contributed by atoms with Gasteiger partial charge in [-0.3, -0.25) is 0 Å². The third-order valence-corrected chi connectivity index (χ3v) is 7.03. The molecule has 2 heterocycles. The number of rotatable bonds is 5. The van der Waals surface area contributed by atoms with Gasteiger partial charge in [-0.1, -0.05) is 42.0 Å². The molecule has 2 aromatic carbocycles. The molecule has 0 unspecified atom stereocenters. The molecule has 0 amide bonds. The second-order valence-corrected chi connectivity index (χ2v) is 9.30. The van der Waals surface area contributed by atoms with Crippen molar-refractivity contribution >= 4 is 28.2 Å². The van der Waals surface area contributed by atoms with Crippen molar-refractivity contribution in [3.8, 4) is 0 Å². The van der Waals surface area contributed by atoms with E-state index in [2.05, 4.69) is 4.40 Å². The number of hydrogen-bond donors (Lipinski definition) is 0. The number of sulfonamides is 1. The number of carbonyl (C=O) groups excluding carboxylic acids is 2. The minimum Gasteiger partial charge on any atom is -0.466 e. The van der Waals surface area contributed by atoms with Crippen LogP contribution in [0.5, 0.6) is 0 Å². The van der Waals surface area contributed by atoms with E-state index in [1.807, 2.05) is 6.92 Å². The van der Waals surface area contributed by atoms with E-state index in [-0.39, 0.29) is 16.0 Å². The lowest BCUT2D eigenvalue weighted by molar-refractivity contribution is -0.139. The Balaban J connectivity index is 1.96. The van der Waals surface area contributed by atoms with E-state index in [0.29, 0.717) is 11.1 Å². The highest BCUT2D eigenvalue weighted by Crippen LogP contribution is 2.60. The van der Waals surface area contributed by atoms with Gasteiger partial charge in [0.1, 0.15) is 5.60 Å². The molecule has 4 rings (SSSR count). The summed E-state index contributed by atoms with van der Waals surface area (Å²) in [6.07, 6.45) is 1.05. The first-order valence-corrected chi connectivity index (χ1v) is 11.1. The molecule has 2 aliphatic heterocycles. The average Bonchev–Trinajstić information content (AvgIpc) is 3.21. The second-order valence-electron chi connectivity index (χ2n) is 7.67. The number of ether oxygens (including phenoxy) is 3. The molecule has 2 aromatic rings. The van der Waals surface area contributed by atoms with Gasteiger partial charge in [0.15, 0.2) is 5.60 Å². The third kappa shape index (κ3) is 3.00. The van der Waals surface area contributed by atoms with Crippen LogP contribution in [0.25, 0.3) is 0 Å². The fourth-order valence-corrected chi connectivity index (χ4v) is 5.17. The van der Waals surface area contributed by atoms with Crippen LogP contribution >= 0.6 is 0 Å². The molecular weight excluding hydrogens is 434 g/mol. The molecule has 0 N–H and O–H groups in total. The van der Waals surface area contributed by atoms with Crippen molar-refractivity contribution in [2.75, 3.05) is 14.2 Å². The summed E-state index contributed by atoms with van der Waals surface area (Å²) in [7, 11) is -1.76. The molecule has 0 fully saturated rings. The molecule has 8 nitrogen and oxygen atoms in total. The van der Waals surface area contributed by atoms with Crippen LogP contribution in [0.4, 0.5) is 0 Å². The predicted molar refractivity (Wildman–Crippen MR) is 114 cm³/mol. The van der Waals surface area contributed by atoms with E-state index in [1.165, 1.54) is 26.4 Å². The maximum Gasteiger partial charge on any atom is 0.338 e. The lowest BCUT2D eigenvalue weighted by atomic mass is 9.73. The quantitative estimate of drug-likeness (QED) is 0.504. The molecular formula is C23H21NO7S. The van der Waals surface area contributed by atoms with E-state index in [9.17, 15) is 18.0 Å². The van der Waals surface area contributed by atoms with E-state index in [4.69, 9.17) is 14.2 Å². The number of esters is 2. The topological polar surface area (TPSA) is 108 Å². The minimum atomic E-state index is -4.12. The summed E-state index contributed by atoms with van der Waals surface area (Å²) in [6.45, 7) is 3.46. The van der Waals surface area contributed by atoms with Gasteiger partial charge in [0.05, 0.1) is 36.5 Å². The van der Waals surface area contributed by atoms with Crippen LogP contribution in [0.15, 0.2) is 69.0 Å². The highest BCUT2D eigenvalue weighted by atomic mass is 32.2. The average molecular weight is 455 g/mol. The van der Waals surface area contributed by atoms with Crippen LogP contribution in [-0.4, -0.2) is 40.8 Å². The summed E-state index contributed by atoms with van der Waals surface area (Å²) in [5.74, 6) is -1.62. The zero-order valence-corrected chi connectivity index (χ0v) is 18.7. The Labute approximate surface area is 185 Å². The monoisotopic (exact) mass is 455 g/mol. The van der Waals surface area contributed by atoms with Crippen LogP contribution in [-0.2, 0) is 45.0 Å². The summed E-state index contributed by atoms with van der Waals surface area (Å²) >= 11 is 0. The molecule has 2 atom stereocenters. The molecule has 0 spiro atoms. The third-order valence-electron chi connectivity index (χ3n) is 5.78. The van der Waals surface area contributed by atoms with E-state index in [0.717, 1.165) is 11.8 Å². The Bertz CT molecular complexity index is 1290.